The molecule has 1 aliphatic rings. The third-order valence-electron chi connectivity index (χ3n) is 4.22. The van der Waals surface area contributed by atoms with Crippen molar-refractivity contribution in [3.05, 3.63) is 29.5 Å². The molecule has 8 heteroatoms. The number of nitrogens with zero attached hydrogens (tertiary/aromatic N) is 3. The van der Waals surface area contributed by atoms with Crippen LogP contribution in [0.25, 0.3) is 10.9 Å². The minimum absolute atomic E-state index is 0.0922. The summed E-state index contributed by atoms with van der Waals surface area (Å²) in [4.78, 5) is 18.3. The van der Waals surface area contributed by atoms with Crippen molar-refractivity contribution in [2.45, 2.75) is 13.5 Å². The molecule has 0 bridgehead atoms. The topological polar surface area (TPSA) is 90.8 Å². The van der Waals surface area contributed by atoms with Crippen molar-refractivity contribution < 1.29 is 18.3 Å². The van der Waals surface area contributed by atoms with Gasteiger partial charge in [0.25, 0.3) is 5.91 Å². The number of benzene rings is 1. The molecule has 3 rings (SSSR count). The number of carbonyl (C=O) groups is 1. The molecule has 1 amide bonds. The molecule has 1 aliphatic heterocycles. The van der Waals surface area contributed by atoms with E-state index in [1.165, 1.54) is 18.1 Å². The predicted octanol–water partition coefficient (Wildman–Crippen LogP) is 1.32. The molecule has 2 aromatic rings. The van der Waals surface area contributed by atoms with Crippen LogP contribution in [0.4, 0.5) is 5.69 Å². The van der Waals surface area contributed by atoms with E-state index in [-0.39, 0.29) is 35.8 Å². The number of phenols is 1. The van der Waals surface area contributed by atoms with E-state index in [9.17, 15) is 18.3 Å². The number of anilines is 1. The average molecular weight is 359 g/mol. The number of fused-ring (bicyclic) bond motifs is 2. The van der Waals surface area contributed by atoms with Gasteiger partial charge >= 0.3 is 0 Å². The smallest absolute Gasteiger partial charge is 0.259 e. The molecule has 0 radical (unpaired) electrons. The number of aromatic hydroxyl groups is 1. The van der Waals surface area contributed by atoms with Gasteiger partial charge in [-0.2, -0.15) is 0 Å². The summed E-state index contributed by atoms with van der Waals surface area (Å²) < 4.78 is 25.4. The largest absolute Gasteiger partial charge is 0.505 e. The van der Waals surface area contributed by atoms with Crippen molar-refractivity contribution in [2.75, 3.05) is 24.2 Å². The second kappa shape index (κ2) is 5.93. The number of amides is 1. The van der Waals surface area contributed by atoms with Crippen molar-refractivity contribution in [1.82, 2.24) is 9.88 Å². The molecule has 0 unspecified atom stereocenters. The number of sulfonamides is 1. The number of hydrogen-bond acceptors (Lipinski definition) is 5. The first-order valence-electron chi connectivity index (χ1n) is 7.52. The standard InChI is InChI=1S/C17H17N3O4S/c1-4-5-9-20-10-12-13(17(20)22)16(21)14-11(7-6-8-18-14)15(12)19(2)25(3,23)24/h6-8,21H,9-10H2,1-3H3. The summed E-state index contributed by atoms with van der Waals surface area (Å²) >= 11 is 0. The minimum atomic E-state index is -3.57. The van der Waals surface area contributed by atoms with Gasteiger partial charge in [0.15, 0.2) is 5.75 Å². The van der Waals surface area contributed by atoms with Gasteiger partial charge in [-0.1, -0.05) is 5.92 Å². The van der Waals surface area contributed by atoms with E-state index < -0.39 is 10.0 Å². The Morgan fingerprint density at radius 2 is 2.16 bits per heavy atom. The molecule has 7 nitrogen and oxygen atoms in total. The second-order valence-electron chi connectivity index (χ2n) is 5.77. The van der Waals surface area contributed by atoms with Gasteiger partial charge in [-0.3, -0.25) is 14.1 Å². The van der Waals surface area contributed by atoms with E-state index in [2.05, 4.69) is 16.8 Å². The Morgan fingerprint density at radius 1 is 1.44 bits per heavy atom. The first-order valence-corrected chi connectivity index (χ1v) is 9.37. The highest BCUT2D eigenvalue weighted by atomic mass is 32.2. The van der Waals surface area contributed by atoms with Crippen LogP contribution in [0, 0.1) is 11.8 Å². The van der Waals surface area contributed by atoms with E-state index in [1.807, 2.05) is 0 Å². The van der Waals surface area contributed by atoms with E-state index in [1.54, 1.807) is 19.1 Å². The summed E-state index contributed by atoms with van der Waals surface area (Å²) in [6.45, 7) is 2.05. The molecule has 0 fully saturated rings. The number of phenolic OH excluding ortho intramolecular Hbond substituents is 1. The van der Waals surface area contributed by atoms with Gasteiger partial charge in [-0.05, 0) is 19.1 Å². The number of aromatic nitrogens is 1. The van der Waals surface area contributed by atoms with Crippen molar-refractivity contribution in [3.63, 3.8) is 0 Å². The Hall–Kier alpha value is -2.79. The van der Waals surface area contributed by atoms with Crippen LogP contribution in [-0.2, 0) is 16.6 Å². The number of pyridine rings is 1. The van der Waals surface area contributed by atoms with Crippen molar-refractivity contribution in [2.24, 2.45) is 0 Å². The molecule has 2 heterocycles. The Labute approximate surface area is 145 Å². The molecule has 1 aromatic heterocycles. The predicted molar refractivity (Wildman–Crippen MR) is 94.8 cm³/mol. The molecule has 25 heavy (non-hydrogen) atoms. The zero-order valence-corrected chi connectivity index (χ0v) is 14.9. The monoisotopic (exact) mass is 359 g/mol. The maximum absolute atomic E-state index is 12.7. The molecule has 0 saturated heterocycles. The summed E-state index contributed by atoms with van der Waals surface area (Å²) in [5, 5.41) is 11.1. The van der Waals surface area contributed by atoms with Crippen LogP contribution in [0.2, 0.25) is 0 Å². The lowest BCUT2D eigenvalue weighted by Crippen LogP contribution is -2.26. The van der Waals surface area contributed by atoms with Crippen LogP contribution >= 0.6 is 0 Å². The maximum Gasteiger partial charge on any atom is 0.259 e. The number of hydrogen-bond donors (Lipinski definition) is 1. The molecule has 130 valence electrons. The lowest BCUT2D eigenvalue weighted by Gasteiger charge is -2.22. The van der Waals surface area contributed by atoms with E-state index in [4.69, 9.17) is 0 Å². The van der Waals surface area contributed by atoms with Gasteiger partial charge in [-0.25, -0.2) is 8.42 Å². The van der Waals surface area contributed by atoms with E-state index in [0.29, 0.717) is 16.6 Å². The maximum atomic E-state index is 12.7. The molecule has 0 spiro atoms. The van der Waals surface area contributed by atoms with Crippen molar-refractivity contribution >= 4 is 32.5 Å². The molecule has 0 saturated carbocycles. The van der Waals surface area contributed by atoms with Crippen molar-refractivity contribution in [3.8, 4) is 17.6 Å². The summed E-state index contributed by atoms with van der Waals surface area (Å²) in [5.41, 5.74) is 1.12. The van der Waals surface area contributed by atoms with Gasteiger partial charge in [0, 0.05) is 30.7 Å². The van der Waals surface area contributed by atoms with Gasteiger partial charge < -0.3 is 10.0 Å². The second-order valence-corrected chi connectivity index (χ2v) is 7.78. The normalized spacial score (nSPS) is 13.6. The number of carbonyl (C=O) groups excluding carboxylic acids is 1. The Kier molecular flexibility index (Phi) is 4.05. The first-order chi connectivity index (χ1) is 11.8. The first kappa shape index (κ1) is 17.0. The van der Waals surface area contributed by atoms with E-state index in [0.717, 1.165) is 10.6 Å². The lowest BCUT2D eigenvalue weighted by molar-refractivity contribution is 0.0797. The van der Waals surface area contributed by atoms with E-state index >= 15 is 0 Å². The Balaban J connectivity index is 2.35. The highest BCUT2D eigenvalue weighted by Crippen LogP contribution is 2.43. The zero-order chi connectivity index (χ0) is 18.4. The molecule has 1 N–H and O–H groups in total. The highest BCUT2D eigenvalue weighted by Gasteiger charge is 2.36. The minimum Gasteiger partial charge on any atom is -0.505 e. The van der Waals surface area contributed by atoms with Gasteiger partial charge in [0.05, 0.1) is 24.1 Å². The SMILES string of the molecule is CC#CCN1Cc2c(c(O)c3ncccc3c2N(C)S(C)(=O)=O)C1=O. The fourth-order valence-corrected chi connectivity index (χ4v) is 3.50. The Morgan fingerprint density at radius 3 is 2.80 bits per heavy atom. The quantitative estimate of drug-likeness (QED) is 0.835. The summed E-state index contributed by atoms with van der Waals surface area (Å²) in [5.74, 6) is 4.94. The molecule has 0 atom stereocenters. The summed E-state index contributed by atoms with van der Waals surface area (Å²) in [7, 11) is -2.14. The van der Waals surface area contributed by atoms with Crippen LogP contribution in [0.5, 0.6) is 5.75 Å². The van der Waals surface area contributed by atoms with Crippen LogP contribution < -0.4 is 4.31 Å². The molecular formula is C17H17N3O4S. The summed E-state index contributed by atoms with van der Waals surface area (Å²) in [6.07, 6.45) is 2.57. The lowest BCUT2D eigenvalue weighted by atomic mass is 10.0. The molecular weight excluding hydrogens is 342 g/mol. The van der Waals surface area contributed by atoms with Crippen LogP contribution in [0.3, 0.4) is 0 Å². The molecule has 0 aliphatic carbocycles. The van der Waals surface area contributed by atoms with Crippen molar-refractivity contribution in [1.29, 1.82) is 0 Å². The zero-order valence-electron chi connectivity index (χ0n) is 14.1. The fraction of sp³-hybridized carbons (Fsp3) is 0.294. The Bertz CT molecular complexity index is 1050. The summed E-state index contributed by atoms with van der Waals surface area (Å²) in [6, 6.07) is 3.34. The van der Waals surface area contributed by atoms with Gasteiger partial charge in [0.1, 0.15) is 5.52 Å². The highest BCUT2D eigenvalue weighted by molar-refractivity contribution is 7.92. The third-order valence-corrected chi connectivity index (χ3v) is 5.40. The van der Waals surface area contributed by atoms with Gasteiger partial charge in [0.2, 0.25) is 10.0 Å². The van der Waals surface area contributed by atoms with Crippen LogP contribution in [0.1, 0.15) is 22.8 Å². The van der Waals surface area contributed by atoms with Crippen LogP contribution in [-0.4, -0.2) is 49.2 Å². The number of rotatable bonds is 3. The van der Waals surface area contributed by atoms with Gasteiger partial charge in [-0.15, -0.1) is 5.92 Å². The molecule has 1 aromatic carbocycles. The average Bonchev–Trinajstić information content (AvgIpc) is 2.89. The van der Waals surface area contributed by atoms with Crippen LogP contribution in [0.15, 0.2) is 18.3 Å². The third kappa shape index (κ3) is 2.66. The fourth-order valence-electron chi connectivity index (χ4n) is 2.96.